The van der Waals surface area contributed by atoms with Gasteiger partial charge in [0.05, 0.1) is 17.3 Å². The second kappa shape index (κ2) is 4.75. The van der Waals surface area contributed by atoms with Crippen molar-refractivity contribution in [3.8, 4) is 0 Å². The van der Waals surface area contributed by atoms with Crippen LogP contribution in [0.15, 0.2) is 12.4 Å². The van der Waals surface area contributed by atoms with E-state index in [-0.39, 0.29) is 11.9 Å². The van der Waals surface area contributed by atoms with E-state index in [2.05, 4.69) is 5.10 Å². The summed E-state index contributed by atoms with van der Waals surface area (Å²) in [5.41, 5.74) is 0.443. The van der Waals surface area contributed by atoms with Gasteiger partial charge in [-0.25, -0.2) is 4.79 Å². The summed E-state index contributed by atoms with van der Waals surface area (Å²) in [6.07, 6.45) is 5.13. The van der Waals surface area contributed by atoms with Crippen molar-refractivity contribution in [2.75, 3.05) is 38.6 Å². The van der Waals surface area contributed by atoms with Crippen molar-refractivity contribution in [3.05, 3.63) is 12.4 Å². The molecule has 3 amide bonds. The van der Waals surface area contributed by atoms with Crippen LogP contribution in [-0.2, 0) is 11.8 Å². The first kappa shape index (κ1) is 13.9. The topological polar surface area (TPSA) is 61.7 Å². The Kier molecular flexibility index (Phi) is 3.15. The van der Waals surface area contributed by atoms with Gasteiger partial charge in [-0.15, -0.1) is 0 Å². The summed E-state index contributed by atoms with van der Waals surface area (Å²) in [6.45, 7) is 1.89. The molecule has 0 aromatic carbocycles. The minimum atomic E-state index is -0.401. The SMILES string of the molecule is CN(C)C(=O)N1CC[C@@]2(CCN(c3cnn(C)c3)C2=O)C1. The van der Waals surface area contributed by atoms with E-state index < -0.39 is 5.41 Å². The number of amides is 3. The third-order valence-corrected chi connectivity index (χ3v) is 4.52. The Hall–Kier alpha value is -2.05. The average molecular weight is 291 g/mol. The van der Waals surface area contributed by atoms with E-state index in [1.165, 1.54) is 0 Å². The van der Waals surface area contributed by atoms with Gasteiger partial charge < -0.3 is 14.7 Å². The fourth-order valence-electron chi connectivity index (χ4n) is 3.31. The first-order valence-electron chi connectivity index (χ1n) is 7.20. The summed E-state index contributed by atoms with van der Waals surface area (Å²) in [6, 6.07) is -0.0143. The molecule has 1 spiro atoms. The van der Waals surface area contributed by atoms with E-state index in [0.29, 0.717) is 19.6 Å². The van der Waals surface area contributed by atoms with E-state index in [4.69, 9.17) is 0 Å². The highest BCUT2D eigenvalue weighted by Crippen LogP contribution is 2.42. The summed E-state index contributed by atoms with van der Waals surface area (Å²) in [7, 11) is 5.32. The zero-order valence-corrected chi connectivity index (χ0v) is 12.7. The van der Waals surface area contributed by atoms with Crippen LogP contribution in [-0.4, -0.2) is 65.2 Å². The molecule has 2 saturated heterocycles. The molecule has 0 N–H and O–H groups in total. The van der Waals surface area contributed by atoms with Crippen LogP contribution in [0, 0.1) is 5.41 Å². The Bertz CT molecular complexity index is 582. The van der Waals surface area contributed by atoms with Gasteiger partial charge in [0.25, 0.3) is 0 Å². The number of aryl methyl sites for hydroxylation is 1. The fourth-order valence-corrected chi connectivity index (χ4v) is 3.31. The van der Waals surface area contributed by atoms with Gasteiger partial charge in [-0.2, -0.15) is 5.10 Å². The summed E-state index contributed by atoms with van der Waals surface area (Å²) in [5, 5.41) is 4.13. The Balaban J connectivity index is 1.76. The maximum atomic E-state index is 12.8. The van der Waals surface area contributed by atoms with E-state index in [0.717, 1.165) is 18.5 Å². The third-order valence-electron chi connectivity index (χ3n) is 4.52. The molecule has 114 valence electrons. The molecule has 1 atom stereocenters. The van der Waals surface area contributed by atoms with Crippen molar-refractivity contribution in [1.82, 2.24) is 19.6 Å². The molecule has 0 unspecified atom stereocenters. The predicted molar refractivity (Wildman–Crippen MR) is 77.9 cm³/mol. The molecule has 2 aliphatic heterocycles. The van der Waals surface area contributed by atoms with Crippen molar-refractivity contribution in [3.63, 3.8) is 0 Å². The van der Waals surface area contributed by atoms with E-state index in [9.17, 15) is 9.59 Å². The second-order valence-electron chi connectivity index (χ2n) is 6.21. The lowest BCUT2D eigenvalue weighted by atomic mass is 9.85. The van der Waals surface area contributed by atoms with Crippen molar-refractivity contribution in [2.45, 2.75) is 12.8 Å². The van der Waals surface area contributed by atoms with E-state index in [1.54, 1.807) is 39.7 Å². The summed E-state index contributed by atoms with van der Waals surface area (Å²) in [5.74, 6) is 0.129. The maximum absolute atomic E-state index is 12.8. The average Bonchev–Trinajstić information content (AvgIpc) is 3.12. The van der Waals surface area contributed by atoms with Gasteiger partial charge >= 0.3 is 6.03 Å². The highest BCUT2D eigenvalue weighted by atomic mass is 16.2. The van der Waals surface area contributed by atoms with Crippen molar-refractivity contribution < 1.29 is 9.59 Å². The number of anilines is 1. The van der Waals surface area contributed by atoms with Crippen molar-refractivity contribution in [1.29, 1.82) is 0 Å². The van der Waals surface area contributed by atoms with Gasteiger partial charge in [-0.05, 0) is 12.8 Å². The third kappa shape index (κ3) is 2.16. The van der Waals surface area contributed by atoms with Crippen LogP contribution >= 0.6 is 0 Å². The first-order chi connectivity index (χ1) is 9.93. The molecule has 3 rings (SSSR count). The lowest BCUT2D eigenvalue weighted by Crippen LogP contribution is -2.41. The largest absolute Gasteiger partial charge is 0.331 e. The highest BCUT2D eigenvalue weighted by molar-refractivity contribution is 6.00. The Morgan fingerprint density at radius 1 is 1.33 bits per heavy atom. The number of likely N-dealkylation sites (tertiary alicyclic amines) is 1. The van der Waals surface area contributed by atoms with Gasteiger partial charge in [0.15, 0.2) is 0 Å². The number of carbonyl (C=O) groups excluding carboxylic acids is 2. The van der Waals surface area contributed by atoms with Crippen molar-refractivity contribution in [2.24, 2.45) is 12.5 Å². The van der Waals surface area contributed by atoms with Crippen LogP contribution in [0.1, 0.15) is 12.8 Å². The van der Waals surface area contributed by atoms with Crippen molar-refractivity contribution >= 4 is 17.6 Å². The van der Waals surface area contributed by atoms with Gasteiger partial charge in [0.1, 0.15) is 0 Å². The highest BCUT2D eigenvalue weighted by Gasteiger charge is 2.52. The predicted octanol–water partition coefficient (Wildman–Crippen LogP) is 0.530. The number of hydrogen-bond donors (Lipinski definition) is 0. The van der Waals surface area contributed by atoms with Crippen LogP contribution in [0.3, 0.4) is 0 Å². The van der Waals surface area contributed by atoms with Crippen LogP contribution in [0.4, 0.5) is 10.5 Å². The molecule has 7 heteroatoms. The minimum Gasteiger partial charge on any atom is -0.331 e. The zero-order chi connectivity index (χ0) is 15.2. The molecule has 2 fully saturated rings. The number of hydrogen-bond acceptors (Lipinski definition) is 3. The molecule has 0 aliphatic carbocycles. The number of rotatable bonds is 1. The Labute approximate surface area is 124 Å². The van der Waals surface area contributed by atoms with E-state index >= 15 is 0 Å². The van der Waals surface area contributed by atoms with Gasteiger partial charge in [0.2, 0.25) is 5.91 Å². The molecular weight excluding hydrogens is 270 g/mol. The number of urea groups is 1. The number of carbonyl (C=O) groups is 2. The summed E-state index contributed by atoms with van der Waals surface area (Å²) < 4.78 is 1.70. The molecule has 7 nitrogen and oxygen atoms in total. The van der Waals surface area contributed by atoms with Crippen LogP contribution in [0.25, 0.3) is 0 Å². The lowest BCUT2D eigenvalue weighted by Gasteiger charge is -2.25. The molecule has 2 aliphatic rings. The van der Waals surface area contributed by atoms with Gasteiger partial charge in [-0.1, -0.05) is 0 Å². The number of nitrogens with zero attached hydrogens (tertiary/aromatic N) is 5. The lowest BCUT2D eigenvalue weighted by molar-refractivity contribution is -0.124. The normalized spacial score (nSPS) is 25.2. The quantitative estimate of drug-likeness (QED) is 0.758. The zero-order valence-electron chi connectivity index (χ0n) is 12.7. The summed E-state index contributed by atoms with van der Waals surface area (Å²) in [4.78, 5) is 30.0. The molecule has 1 aromatic rings. The number of aromatic nitrogens is 2. The maximum Gasteiger partial charge on any atom is 0.319 e. The minimum absolute atomic E-state index is 0.0143. The molecule has 3 heterocycles. The molecule has 21 heavy (non-hydrogen) atoms. The molecule has 0 radical (unpaired) electrons. The Morgan fingerprint density at radius 3 is 2.67 bits per heavy atom. The fraction of sp³-hybridized carbons (Fsp3) is 0.643. The smallest absolute Gasteiger partial charge is 0.319 e. The first-order valence-corrected chi connectivity index (χ1v) is 7.20. The van der Waals surface area contributed by atoms with Crippen LogP contribution < -0.4 is 4.90 Å². The van der Waals surface area contributed by atoms with Crippen LogP contribution in [0.5, 0.6) is 0 Å². The monoisotopic (exact) mass is 291 g/mol. The molecule has 0 saturated carbocycles. The van der Waals surface area contributed by atoms with Gasteiger partial charge in [-0.3, -0.25) is 9.48 Å². The summed E-state index contributed by atoms with van der Waals surface area (Å²) >= 11 is 0. The van der Waals surface area contributed by atoms with E-state index in [1.807, 2.05) is 13.2 Å². The standard InChI is InChI=1S/C14H21N5O2/c1-16(2)13(21)18-6-4-14(10-18)5-7-19(12(14)20)11-8-15-17(3)9-11/h8-9H,4-7,10H2,1-3H3/t14-/m1/s1. The molecular formula is C14H21N5O2. The van der Waals surface area contributed by atoms with Gasteiger partial charge in [0, 0.05) is 47.0 Å². The van der Waals surface area contributed by atoms with Crippen LogP contribution in [0.2, 0.25) is 0 Å². The second-order valence-corrected chi connectivity index (χ2v) is 6.21. The molecule has 0 bridgehead atoms. The Morgan fingerprint density at radius 2 is 2.05 bits per heavy atom. The molecule has 1 aromatic heterocycles.